The second kappa shape index (κ2) is 3.74. The summed E-state index contributed by atoms with van der Waals surface area (Å²) in [6.07, 6.45) is 0. The molecule has 0 saturated heterocycles. The van der Waals surface area contributed by atoms with Crippen LogP contribution in [0.1, 0.15) is 15.9 Å². The summed E-state index contributed by atoms with van der Waals surface area (Å²) in [6, 6.07) is 9.86. The van der Waals surface area contributed by atoms with Crippen molar-refractivity contribution in [3.05, 3.63) is 62.1 Å². The second-order valence-corrected chi connectivity index (χ2v) is 4.83. The minimum absolute atomic E-state index is 0.0639. The molecule has 0 saturated carbocycles. The van der Waals surface area contributed by atoms with Crippen LogP contribution >= 0.6 is 15.9 Å². The van der Waals surface area contributed by atoms with Crippen LogP contribution in [0.5, 0.6) is 0 Å². The van der Waals surface area contributed by atoms with E-state index in [1.54, 1.807) is 12.1 Å². The first-order chi connectivity index (χ1) is 8.59. The fourth-order valence-corrected chi connectivity index (χ4v) is 2.73. The number of benzene rings is 2. The van der Waals surface area contributed by atoms with Crippen molar-refractivity contribution < 1.29 is 9.72 Å². The van der Waals surface area contributed by atoms with Crippen LogP contribution in [0.4, 0.5) is 5.69 Å². The molecule has 18 heavy (non-hydrogen) atoms. The minimum Gasteiger partial charge on any atom is -0.289 e. The number of nitro benzene ring substituents is 1. The zero-order valence-electron chi connectivity index (χ0n) is 9.01. The van der Waals surface area contributed by atoms with Gasteiger partial charge in [0.1, 0.15) is 0 Å². The molecular weight excluding hydrogens is 298 g/mol. The smallest absolute Gasteiger partial charge is 0.270 e. The Morgan fingerprint density at radius 2 is 1.83 bits per heavy atom. The van der Waals surface area contributed by atoms with E-state index >= 15 is 0 Å². The lowest BCUT2D eigenvalue weighted by Crippen LogP contribution is -1.97. The van der Waals surface area contributed by atoms with Gasteiger partial charge in [0.25, 0.3) is 5.69 Å². The molecule has 0 heterocycles. The van der Waals surface area contributed by atoms with Crippen molar-refractivity contribution in [2.24, 2.45) is 0 Å². The average molecular weight is 304 g/mol. The van der Waals surface area contributed by atoms with Crippen molar-refractivity contribution in [1.29, 1.82) is 0 Å². The standard InChI is InChI=1S/C13H6BrNO3/c14-11-3-1-2-9-8-5-4-7(15(17)18)6-10(8)13(16)12(9)11/h1-6H. The Bertz CT molecular complexity index is 709. The predicted octanol–water partition coefficient (Wildman–Crippen LogP) is 3.57. The first kappa shape index (κ1) is 11.1. The molecule has 2 aromatic carbocycles. The van der Waals surface area contributed by atoms with Gasteiger partial charge in [0.2, 0.25) is 0 Å². The molecule has 0 aliphatic heterocycles. The van der Waals surface area contributed by atoms with Crippen LogP contribution in [-0.2, 0) is 0 Å². The molecule has 0 radical (unpaired) electrons. The van der Waals surface area contributed by atoms with Crippen LogP contribution in [0.15, 0.2) is 40.9 Å². The summed E-state index contributed by atoms with van der Waals surface area (Å²) in [4.78, 5) is 22.5. The fraction of sp³-hybridized carbons (Fsp3) is 0. The highest BCUT2D eigenvalue weighted by molar-refractivity contribution is 9.10. The van der Waals surface area contributed by atoms with E-state index in [0.717, 1.165) is 11.1 Å². The fourth-order valence-electron chi connectivity index (χ4n) is 2.18. The Morgan fingerprint density at radius 3 is 2.56 bits per heavy atom. The Kier molecular flexibility index (Phi) is 2.31. The molecule has 0 atom stereocenters. The van der Waals surface area contributed by atoms with Crippen molar-refractivity contribution in [2.75, 3.05) is 0 Å². The Balaban J connectivity index is 2.30. The number of halogens is 1. The van der Waals surface area contributed by atoms with Crippen molar-refractivity contribution in [3.63, 3.8) is 0 Å². The van der Waals surface area contributed by atoms with Crippen LogP contribution < -0.4 is 0 Å². The van der Waals surface area contributed by atoms with Crippen molar-refractivity contribution >= 4 is 27.4 Å². The number of carbonyl (C=O) groups excluding carboxylic acids is 1. The van der Waals surface area contributed by atoms with Gasteiger partial charge < -0.3 is 0 Å². The van der Waals surface area contributed by atoms with E-state index in [-0.39, 0.29) is 11.5 Å². The number of nitro groups is 1. The van der Waals surface area contributed by atoms with E-state index in [2.05, 4.69) is 15.9 Å². The number of fused-ring (bicyclic) bond motifs is 3. The summed E-state index contributed by atoms with van der Waals surface area (Å²) < 4.78 is 0.712. The monoisotopic (exact) mass is 303 g/mol. The molecule has 4 nitrogen and oxygen atoms in total. The summed E-state index contributed by atoms with van der Waals surface area (Å²) in [6.45, 7) is 0. The molecule has 0 unspecified atom stereocenters. The van der Waals surface area contributed by atoms with Gasteiger partial charge in [0.05, 0.1) is 4.92 Å². The van der Waals surface area contributed by atoms with Crippen LogP contribution in [0.3, 0.4) is 0 Å². The van der Waals surface area contributed by atoms with Crippen LogP contribution in [0.2, 0.25) is 0 Å². The highest BCUT2D eigenvalue weighted by Crippen LogP contribution is 2.41. The van der Waals surface area contributed by atoms with E-state index in [0.29, 0.717) is 15.6 Å². The third-order valence-electron chi connectivity index (χ3n) is 2.99. The molecule has 1 aliphatic rings. The molecule has 0 bridgehead atoms. The van der Waals surface area contributed by atoms with Crippen molar-refractivity contribution in [2.45, 2.75) is 0 Å². The SMILES string of the molecule is O=C1c2cc([N+](=O)[O-])ccc2-c2cccc(Br)c21. The summed E-state index contributed by atoms with van der Waals surface area (Å²) in [5.74, 6) is -0.170. The Labute approximate surface area is 111 Å². The van der Waals surface area contributed by atoms with Gasteiger partial charge in [-0.3, -0.25) is 14.9 Å². The molecule has 1 aliphatic carbocycles. The van der Waals surface area contributed by atoms with Crippen molar-refractivity contribution in [1.82, 2.24) is 0 Å². The molecule has 0 N–H and O–H groups in total. The number of ketones is 1. The van der Waals surface area contributed by atoms with Crippen molar-refractivity contribution in [3.8, 4) is 11.1 Å². The van der Waals surface area contributed by atoms with E-state index in [4.69, 9.17) is 0 Å². The number of nitrogens with zero attached hydrogens (tertiary/aromatic N) is 1. The number of hydrogen-bond donors (Lipinski definition) is 0. The van der Waals surface area contributed by atoms with Gasteiger partial charge in [-0.15, -0.1) is 0 Å². The van der Waals surface area contributed by atoms with Crippen LogP contribution in [0, 0.1) is 10.1 Å². The zero-order chi connectivity index (χ0) is 12.9. The molecule has 0 spiro atoms. The lowest BCUT2D eigenvalue weighted by atomic mass is 10.1. The molecule has 3 rings (SSSR count). The Hall–Kier alpha value is -2.01. The number of carbonyl (C=O) groups is 1. The maximum Gasteiger partial charge on any atom is 0.270 e. The summed E-state index contributed by atoms with van der Waals surface area (Å²) in [5, 5.41) is 10.7. The summed E-state index contributed by atoms with van der Waals surface area (Å²) >= 11 is 3.34. The van der Waals surface area contributed by atoms with Gasteiger partial charge in [-0.25, -0.2) is 0 Å². The topological polar surface area (TPSA) is 60.2 Å². The largest absolute Gasteiger partial charge is 0.289 e. The van der Waals surface area contributed by atoms with Gasteiger partial charge in [-0.2, -0.15) is 0 Å². The number of hydrogen-bond acceptors (Lipinski definition) is 3. The third-order valence-corrected chi connectivity index (χ3v) is 3.65. The van der Waals surface area contributed by atoms with Gasteiger partial charge >= 0.3 is 0 Å². The van der Waals surface area contributed by atoms with Gasteiger partial charge in [0, 0.05) is 27.7 Å². The molecular formula is C13H6BrNO3. The molecule has 5 heteroatoms. The molecule has 88 valence electrons. The minimum atomic E-state index is -0.494. The zero-order valence-corrected chi connectivity index (χ0v) is 10.6. The molecule has 0 amide bonds. The lowest BCUT2D eigenvalue weighted by molar-refractivity contribution is -0.384. The Morgan fingerprint density at radius 1 is 1.06 bits per heavy atom. The van der Waals surface area contributed by atoms with Gasteiger partial charge in [-0.05, 0) is 23.3 Å². The number of rotatable bonds is 1. The first-order valence-corrected chi connectivity index (χ1v) is 6.01. The van der Waals surface area contributed by atoms with E-state index in [1.807, 2.05) is 12.1 Å². The number of non-ortho nitro benzene ring substituents is 1. The maximum absolute atomic E-state index is 12.2. The van der Waals surface area contributed by atoms with E-state index in [1.165, 1.54) is 12.1 Å². The van der Waals surface area contributed by atoms with Gasteiger partial charge in [0.15, 0.2) is 5.78 Å². The highest BCUT2D eigenvalue weighted by atomic mass is 79.9. The maximum atomic E-state index is 12.2. The normalized spacial score (nSPS) is 12.2. The molecule has 0 fully saturated rings. The van der Waals surface area contributed by atoms with Crippen LogP contribution in [0.25, 0.3) is 11.1 Å². The van der Waals surface area contributed by atoms with E-state index < -0.39 is 4.92 Å². The quantitative estimate of drug-likeness (QED) is 0.510. The highest BCUT2D eigenvalue weighted by Gasteiger charge is 2.29. The average Bonchev–Trinajstić information content (AvgIpc) is 2.64. The first-order valence-electron chi connectivity index (χ1n) is 5.21. The lowest BCUT2D eigenvalue weighted by Gasteiger charge is -2.00. The molecule has 2 aromatic rings. The van der Waals surface area contributed by atoms with Crippen LogP contribution in [-0.4, -0.2) is 10.7 Å². The van der Waals surface area contributed by atoms with Gasteiger partial charge in [-0.1, -0.05) is 28.1 Å². The van der Waals surface area contributed by atoms with E-state index in [9.17, 15) is 14.9 Å². The predicted molar refractivity (Wildman–Crippen MR) is 69.7 cm³/mol. The molecule has 0 aromatic heterocycles. The second-order valence-electron chi connectivity index (χ2n) is 3.98. The summed E-state index contributed by atoms with van der Waals surface area (Å²) in [5.41, 5.74) is 2.48. The third kappa shape index (κ3) is 1.41. The summed E-state index contributed by atoms with van der Waals surface area (Å²) in [7, 11) is 0.